The van der Waals surface area contributed by atoms with Gasteiger partial charge < -0.3 is 5.11 Å². The Balaban J connectivity index is 0.000000347. The van der Waals surface area contributed by atoms with Crippen LogP contribution in [0.25, 0.3) is 42.6 Å². The van der Waals surface area contributed by atoms with E-state index in [1.807, 2.05) is 45.2 Å². The molecule has 0 atom stereocenters. The summed E-state index contributed by atoms with van der Waals surface area (Å²) in [5, 5.41) is 13.5. The molecule has 3 aromatic carbocycles. The Bertz CT molecular complexity index is 1850. The SMILES string of the molecule is CC(C)Cc1ccc2sc(-c3ccnc(-c4[c-]c5ccccc5c(C(C)(C)C)c4)c3)cc2c1.CCC(CC)C(=O)/C=C(\O)C(CC)CC.[Ir]. The van der Waals surface area contributed by atoms with Gasteiger partial charge in [0.05, 0.1) is 5.76 Å². The fourth-order valence-electron chi connectivity index (χ4n) is 6.33. The van der Waals surface area contributed by atoms with E-state index in [2.05, 4.69) is 107 Å². The molecular weight excluding hydrogens is 799 g/mol. The van der Waals surface area contributed by atoms with E-state index in [4.69, 9.17) is 4.98 Å². The Labute approximate surface area is 312 Å². The van der Waals surface area contributed by atoms with Crippen LogP contribution in [0.4, 0.5) is 0 Å². The zero-order chi connectivity index (χ0) is 35.0. The molecule has 5 rings (SSSR count). The molecule has 49 heavy (non-hydrogen) atoms. The topological polar surface area (TPSA) is 50.2 Å². The maximum atomic E-state index is 11.7. The van der Waals surface area contributed by atoms with Gasteiger partial charge in [-0.2, -0.15) is 0 Å². The van der Waals surface area contributed by atoms with Crippen molar-refractivity contribution in [2.75, 3.05) is 0 Å². The predicted octanol–water partition coefficient (Wildman–Crippen LogP) is 12.9. The number of hydrogen-bond donors (Lipinski definition) is 1. The number of carbonyl (C=O) groups excluding carboxylic acids is 1. The first-order chi connectivity index (χ1) is 22.9. The van der Waals surface area contributed by atoms with Crippen molar-refractivity contribution in [3.8, 4) is 21.7 Å². The second kappa shape index (κ2) is 18.2. The van der Waals surface area contributed by atoms with Gasteiger partial charge in [0.25, 0.3) is 0 Å². The number of hydrogen-bond acceptors (Lipinski definition) is 4. The van der Waals surface area contributed by atoms with Crippen LogP contribution in [-0.4, -0.2) is 15.9 Å². The van der Waals surface area contributed by atoms with Crippen LogP contribution < -0.4 is 0 Å². The van der Waals surface area contributed by atoms with Gasteiger partial charge in [-0.25, -0.2) is 0 Å². The number of thiophene rings is 1. The zero-order valence-electron chi connectivity index (χ0n) is 30.8. The summed E-state index contributed by atoms with van der Waals surface area (Å²) in [5.41, 5.74) is 6.03. The summed E-state index contributed by atoms with van der Waals surface area (Å²) >= 11 is 1.85. The maximum absolute atomic E-state index is 11.7. The van der Waals surface area contributed by atoms with E-state index in [1.54, 1.807) is 0 Å². The van der Waals surface area contributed by atoms with E-state index >= 15 is 0 Å². The van der Waals surface area contributed by atoms with Gasteiger partial charge in [-0.05, 0) is 78.1 Å². The number of carbonyl (C=O) groups is 1. The van der Waals surface area contributed by atoms with Crippen molar-refractivity contribution < 1.29 is 30.0 Å². The average Bonchev–Trinajstić information content (AvgIpc) is 3.49. The van der Waals surface area contributed by atoms with Crippen molar-refractivity contribution in [1.82, 2.24) is 4.98 Å². The largest absolute Gasteiger partial charge is 0.512 e. The standard InChI is InChI=1S/C31H30NS.C13H24O2.Ir/c1-20(2)14-21-10-11-29-25(15-21)19-30(33-29)23-12-13-32-28(18-23)24-16-22-8-6-7-9-26(22)27(17-24)31(3,4)5;1-5-10(6-2)12(14)9-13(15)11(7-3)8-4;/h6-13,15,17-20H,14H2,1-5H3;9-11,14H,5-8H2,1-4H3;/q-1;;/b;12-9-;. The van der Waals surface area contributed by atoms with E-state index in [9.17, 15) is 9.90 Å². The van der Waals surface area contributed by atoms with E-state index in [0.717, 1.165) is 48.7 Å². The normalized spacial score (nSPS) is 12.0. The molecule has 2 aromatic heterocycles. The molecular formula is C44H54IrNO2S-. The number of rotatable bonds is 11. The monoisotopic (exact) mass is 853 g/mol. The van der Waals surface area contributed by atoms with Gasteiger partial charge >= 0.3 is 0 Å². The summed E-state index contributed by atoms with van der Waals surface area (Å²) in [6, 6.07) is 28.0. The van der Waals surface area contributed by atoms with Crippen LogP contribution in [0.5, 0.6) is 0 Å². The fraction of sp³-hybridized carbons (Fsp3) is 0.409. The number of allylic oxidation sites excluding steroid dienone is 2. The first-order valence-corrected chi connectivity index (χ1v) is 18.6. The van der Waals surface area contributed by atoms with Crippen molar-refractivity contribution in [3.05, 3.63) is 102 Å². The van der Waals surface area contributed by atoms with Gasteiger partial charge in [-0.3, -0.25) is 9.78 Å². The number of benzene rings is 3. The van der Waals surface area contributed by atoms with Gasteiger partial charge in [0.2, 0.25) is 0 Å². The second-order valence-electron chi connectivity index (χ2n) is 14.4. The quantitative estimate of drug-likeness (QED) is 0.0818. The minimum Gasteiger partial charge on any atom is -0.512 e. The summed E-state index contributed by atoms with van der Waals surface area (Å²) in [6.45, 7) is 19.4. The Kier molecular flexibility index (Phi) is 15.0. The molecule has 0 aliphatic heterocycles. The van der Waals surface area contributed by atoms with Crippen LogP contribution in [0.3, 0.4) is 0 Å². The number of fused-ring (bicyclic) bond motifs is 2. The van der Waals surface area contributed by atoms with Gasteiger partial charge in [-0.1, -0.05) is 110 Å². The van der Waals surface area contributed by atoms with Crippen LogP contribution in [0.2, 0.25) is 0 Å². The number of ketones is 1. The molecule has 5 aromatic rings. The van der Waals surface area contributed by atoms with Crippen molar-refractivity contribution in [1.29, 1.82) is 0 Å². The molecule has 0 saturated carbocycles. The van der Waals surface area contributed by atoms with E-state index in [0.29, 0.717) is 5.92 Å². The average molecular weight is 853 g/mol. The molecule has 0 fully saturated rings. The summed E-state index contributed by atoms with van der Waals surface area (Å²) in [7, 11) is 0. The first-order valence-electron chi connectivity index (χ1n) is 17.8. The summed E-state index contributed by atoms with van der Waals surface area (Å²) in [4.78, 5) is 17.7. The molecule has 0 spiro atoms. The smallest absolute Gasteiger partial charge is 0.162 e. The molecule has 3 nitrogen and oxygen atoms in total. The molecule has 0 saturated heterocycles. The van der Waals surface area contributed by atoms with Gasteiger partial charge in [-0.15, -0.1) is 40.5 Å². The molecule has 0 aliphatic carbocycles. The van der Waals surface area contributed by atoms with Crippen LogP contribution >= 0.6 is 11.3 Å². The third-order valence-electron chi connectivity index (χ3n) is 9.21. The molecule has 0 bridgehead atoms. The number of aromatic nitrogens is 1. The molecule has 5 heteroatoms. The molecule has 2 heterocycles. The van der Waals surface area contributed by atoms with Crippen LogP contribution in [-0.2, 0) is 36.7 Å². The third kappa shape index (κ3) is 10.5. The predicted molar refractivity (Wildman–Crippen MR) is 208 cm³/mol. The zero-order valence-corrected chi connectivity index (χ0v) is 34.0. The van der Waals surface area contributed by atoms with Gasteiger partial charge in [0.15, 0.2) is 5.78 Å². The Morgan fingerprint density at radius 3 is 2.20 bits per heavy atom. The number of aliphatic hydroxyl groups excluding tert-OH is 1. The van der Waals surface area contributed by atoms with Gasteiger partial charge in [0.1, 0.15) is 0 Å². The van der Waals surface area contributed by atoms with Crippen LogP contribution in [0.1, 0.15) is 99.1 Å². The minimum absolute atomic E-state index is 0. The molecule has 263 valence electrons. The van der Waals surface area contributed by atoms with Gasteiger partial charge in [0, 0.05) is 59.5 Å². The minimum atomic E-state index is 0. The van der Waals surface area contributed by atoms with Crippen molar-refractivity contribution in [3.63, 3.8) is 0 Å². The molecule has 0 aliphatic rings. The molecule has 0 amide bonds. The summed E-state index contributed by atoms with van der Waals surface area (Å²) in [5.74, 6) is 1.21. The third-order valence-corrected chi connectivity index (χ3v) is 10.4. The number of aliphatic hydroxyl groups is 1. The van der Waals surface area contributed by atoms with E-state index in [1.165, 1.54) is 43.1 Å². The second-order valence-corrected chi connectivity index (χ2v) is 15.5. The molecule has 0 unspecified atom stereocenters. The van der Waals surface area contributed by atoms with Crippen molar-refractivity contribution in [2.45, 2.75) is 99.8 Å². The van der Waals surface area contributed by atoms with Crippen molar-refractivity contribution in [2.24, 2.45) is 17.8 Å². The Morgan fingerprint density at radius 2 is 1.57 bits per heavy atom. The first kappa shape index (κ1) is 40.3. The Hall–Kier alpha value is -3.11. The molecule has 1 radical (unpaired) electrons. The fourth-order valence-corrected chi connectivity index (χ4v) is 7.37. The number of pyridine rings is 1. The Morgan fingerprint density at radius 1 is 0.898 bits per heavy atom. The van der Waals surface area contributed by atoms with E-state index in [-0.39, 0.29) is 48.9 Å². The van der Waals surface area contributed by atoms with E-state index < -0.39 is 0 Å². The van der Waals surface area contributed by atoms with Crippen molar-refractivity contribution >= 4 is 38.0 Å². The maximum Gasteiger partial charge on any atom is 0.162 e. The summed E-state index contributed by atoms with van der Waals surface area (Å²) in [6.07, 6.45) is 7.96. The number of nitrogens with zero attached hydrogens (tertiary/aromatic N) is 1. The molecule has 1 N–H and O–H groups in total. The van der Waals surface area contributed by atoms with Crippen LogP contribution in [0, 0.1) is 23.8 Å². The summed E-state index contributed by atoms with van der Waals surface area (Å²) < 4.78 is 1.34. The van der Waals surface area contributed by atoms with Crippen LogP contribution in [0.15, 0.2) is 84.8 Å².